The van der Waals surface area contributed by atoms with Crippen LogP contribution in [0.5, 0.6) is 0 Å². The van der Waals surface area contributed by atoms with Gasteiger partial charge in [0.2, 0.25) is 11.8 Å². The number of piperazine rings is 1. The van der Waals surface area contributed by atoms with Crippen molar-refractivity contribution in [2.24, 2.45) is 5.41 Å². The van der Waals surface area contributed by atoms with Crippen molar-refractivity contribution in [3.05, 3.63) is 23.9 Å². The van der Waals surface area contributed by atoms with Crippen LogP contribution in [0.3, 0.4) is 0 Å². The van der Waals surface area contributed by atoms with E-state index in [1.54, 1.807) is 6.20 Å². The van der Waals surface area contributed by atoms with E-state index >= 15 is 0 Å². The third kappa shape index (κ3) is 6.01. The highest BCUT2D eigenvalue weighted by molar-refractivity contribution is 5.87. The minimum atomic E-state index is -0.497. The van der Waals surface area contributed by atoms with Crippen molar-refractivity contribution in [1.82, 2.24) is 20.5 Å². The second-order valence-corrected chi connectivity index (χ2v) is 7.52. The molecule has 0 aromatic carbocycles. The topological polar surface area (TPSA) is 77.6 Å². The number of hydrogen-bond acceptors (Lipinski definition) is 5. The van der Waals surface area contributed by atoms with Gasteiger partial charge >= 0.3 is 0 Å². The zero-order chi connectivity index (χ0) is 18.4. The minimum Gasteiger partial charge on any atom is -0.354 e. The van der Waals surface area contributed by atoms with Gasteiger partial charge in [0.25, 0.3) is 0 Å². The van der Waals surface area contributed by atoms with Gasteiger partial charge in [-0.15, -0.1) is 0 Å². The van der Waals surface area contributed by atoms with Gasteiger partial charge in [-0.05, 0) is 18.7 Å². The van der Waals surface area contributed by atoms with Crippen LogP contribution in [0.25, 0.3) is 0 Å². The van der Waals surface area contributed by atoms with E-state index in [1.165, 1.54) is 0 Å². The normalized spacial score (nSPS) is 15.8. The van der Waals surface area contributed by atoms with Gasteiger partial charge in [0.05, 0.1) is 6.54 Å². The maximum absolute atomic E-state index is 11.8. The lowest BCUT2D eigenvalue weighted by atomic mass is 9.96. The van der Waals surface area contributed by atoms with E-state index in [0.29, 0.717) is 6.54 Å². The van der Waals surface area contributed by atoms with Crippen LogP contribution in [0.4, 0.5) is 5.82 Å². The number of anilines is 1. The van der Waals surface area contributed by atoms with Gasteiger partial charge < -0.3 is 20.4 Å². The second-order valence-electron chi connectivity index (χ2n) is 7.52. The van der Waals surface area contributed by atoms with Crippen LogP contribution < -0.4 is 15.5 Å². The molecule has 0 aliphatic carbocycles. The number of carbonyl (C=O) groups is 2. The van der Waals surface area contributed by atoms with Crippen LogP contribution >= 0.6 is 0 Å². The van der Waals surface area contributed by atoms with Gasteiger partial charge in [-0.25, -0.2) is 4.98 Å². The van der Waals surface area contributed by atoms with Crippen molar-refractivity contribution < 1.29 is 9.59 Å². The summed E-state index contributed by atoms with van der Waals surface area (Å²) in [5.74, 6) is 0.627. The van der Waals surface area contributed by atoms with Gasteiger partial charge in [-0.3, -0.25) is 9.59 Å². The molecule has 138 valence electrons. The summed E-state index contributed by atoms with van der Waals surface area (Å²) >= 11 is 0. The Bertz CT molecular complexity index is 586. The molecule has 1 aromatic heterocycles. The predicted octanol–water partition coefficient (Wildman–Crippen LogP) is 0.612. The maximum atomic E-state index is 11.8. The van der Waals surface area contributed by atoms with Gasteiger partial charge in [-0.2, -0.15) is 0 Å². The molecule has 7 nitrogen and oxygen atoms in total. The van der Waals surface area contributed by atoms with E-state index in [2.05, 4.69) is 32.5 Å². The molecule has 1 aliphatic heterocycles. The number of rotatable bonds is 5. The minimum absolute atomic E-state index is 0.0110. The zero-order valence-electron chi connectivity index (χ0n) is 15.6. The average Bonchev–Trinajstić information content (AvgIpc) is 2.58. The average molecular weight is 347 g/mol. The Morgan fingerprint density at radius 1 is 1.12 bits per heavy atom. The van der Waals surface area contributed by atoms with E-state index in [0.717, 1.165) is 37.6 Å². The number of nitrogens with one attached hydrogen (secondary N) is 2. The summed E-state index contributed by atoms with van der Waals surface area (Å²) in [5.41, 5.74) is 0.442. The van der Waals surface area contributed by atoms with Crippen LogP contribution in [0, 0.1) is 5.41 Å². The van der Waals surface area contributed by atoms with Crippen LogP contribution in [-0.2, 0) is 16.1 Å². The van der Waals surface area contributed by atoms with Gasteiger partial charge in [0.15, 0.2) is 0 Å². The first-order valence-corrected chi connectivity index (χ1v) is 8.69. The number of carbonyl (C=O) groups excluding carboxylic acids is 2. The lowest BCUT2D eigenvalue weighted by Gasteiger charge is -2.33. The fourth-order valence-electron chi connectivity index (χ4n) is 2.43. The number of nitrogens with zero attached hydrogens (tertiary/aromatic N) is 3. The predicted molar refractivity (Wildman–Crippen MR) is 98.3 cm³/mol. The van der Waals surface area contributed by atoms with E-state index in [4.69, 9.17) is 0 Å². The van der Waals surface area contributed by atoms with E-state index in [9.17, 15) is 9.59 Å². The third-order valence-electron chi connectivity index (χ3n) is 4.22. The molecule has 1 aromatic rings. The Labute approximate surface area is 149 Å². The number of hydrogen-bond donors (Lipinski definition) is 2. The maximum Gasteiger partial charge on any atom is 0.239 e. The molecule has 0 spiro atoms. The second kappa shape index (κ2) is 8.29. The highest BCUT2D eigenvalue weighted by Gasteiger charge is 2.21. The zero-order valence-corrected chi connectivity index (χ0v) is 15.6. The first-order chi connectivity index (χ1) is 11.8. The van der Waals surface area contributed by atoms with Crippen molar-refractivity contribution in [3.8, 4) is 0 Å². The summed E-state index contributed by atoms with van der Waals surface area (Å²) in [4.78, 5) is 32.6. The van der Waals surface area contributed by atoms with Gasteiger partial charge in [0, 0.05) is 44.3 Å². The first-order valence-electron chi connectivity index (χ1n) is 8.69. The summed E-state index contributed by atoms with van der Waals surface area (Å²) < 4.78 is 0. The number of amides is 2. The van der Waals surface area contributed by atoms with Crippen molar-refractivity contribution in [1.29, 1.82) is 0 Å². The van der Waals surface area contributed by atoms with Crippen molar-refractivity contribution in [3.63, 3.8) is 0 Å². The summed E-state index contributed by atoms with van der Waals surface area (Å²) in [7, 11) is 2.13. The van der Waals surface area contributed by atoms with Gasteiger partial charge in [0.1, 0.15) is 5.82 Å². The molecule has 0 atom stereocenters. The lowest BCUT2D eigenvalue weighted by molar-refractivity contribution is -0.131. The van der Waals surface area contributed by atoms with E-state index < -0.39 is 5.41 Å². The Morgan fingerprint density at radius 2 is 1.80 bits per heavy atom. The molecule has 1 aliphatic rings. The number of pyridine rings is 1. The molecule has 0 radical (unpaired) electrons. The fraction of sp³-hybridized carbons (Fsp3) is 0.611. The number of aromatic nitrogens is 1. The highest BCUT2D eigenvalue weighted by Crippen LogP contribution is 2.14. The Kier molecular flexibility index (Phi) is 6.36. The number of likely N-dealkylation sites (N-methyl/N-ethyl adjacent to an activating group) is 1. The van der Waals surface area contributed by atoms with Crippen molar-refractivity contribution >= 4 is 17.6 Å². The van der Waals surface area contributed by atoms with Crippen LogP contribution in [0.15, 0.2) is 18.3 Å². The third-order valence-corrected chi connectivity index (χ3v) is 4.22. The van der Waals surface area contributed by atoms with Gasteiger partial charge in [-0.1, -0.05) is 26.8 Å². The summed E-state index contributed by atoms with van der Waals surface area (Å²) in [6, 6.07) is 3.98. The van der Waals surface area contributed by atoms with Crippen LogP contribution in [0.2, 0.25) is 0 Å². The molecule has 2 heterocycles. The quantitative estimate of drug-likeness (QED) is 0.816. The van der Waals surface area contributed by atoms with Crippen LogP contribution in [0.1, 0.15) is 26.3 Å². The summed E-state index contributed by atoms with van der Waals surface area (Å²) in [6.45, 7) is 9.87. The Balaban J connectivity index is 1.76. The van der Waals surface area contributed by atoms with Crippen LogP contribution in [-0.4, -0.2) is 61.5 Å². The smallest absolute Gasteiger partial charge is 0.239 e. The van der Waals surface area contributed by atoms with Crippen molar-refractivity contribution in [2.45, 2.75) is 27.3 Å². The molecule has 0 unspecified atom stereocenters. The molecule has 1 saturated heterocycles. The lowest BCUT2D eigenvalue weighted by Crippen LogP contribution is -2.44. The summed E-state index contributed by atoms with van der Waals surface area (Å²) in [5, 5.41) is 5.43. The molecule has 25 heavy (non-hydrogen) atoms. The molecule has 2 rings (SSSR count). The molecular weight excluding hydrogens is 318 g/mol. The molecule has 0 bridgehead atoms. The Hall–Kier alpha value is -2.15. The molecular formula is C18H29N5O2. The fourth-order valence-corrected chi connectivity index (χ4v) is 2.43. The standard InChI is InChI=1S/C18H29N5O2/c1-18(2,3)17(25)21-13-16(24)20-12-14-5-6-15(19-11-14)23-9-7-22(4)8-10-23/h5-6,11H,7-10,12-13H2,1-4H3,(H,20,24)(H,21,25). The molecule has 2 amide bonds. The molecule has 0 saturated carbocycles. The van der Waals surface area contributed by atoms with E-state index in [1.807, 2.05) is 32.9 Å². The highest BCUT2D eigenvalue weighted by atomic mass is 16.2. The largest absolute Gasteiger partial charge is 0.354 e. The van der Waals surface area contributed by atoms with Crippen molar-refractivity contribution in [2.75, 3.05) is 44.7 Å². The first kappa shape index (κ1) is 19.2. The Morgan fingerprint density at radius 3 is 2.36 bits per heavy atom. The van der Waals surface area contributed by atoms with E-state index in [-0.39, 0.29) is 18.4 Å². The SMILES string of the molecule is CN1CCN(c2ccc(CNC(=O)CNC(=O)C(C)(C)C)cn2)CC1. The molecule has 1 fully saturated rings. The summed E-state index contributed by atoms with van der Waals surface area (Å²) in [6.07, 6.45) is 1.79. The monoisotopic (exact) mass is 347 g/mol. The molecule has 2 N–H and O–H groups in total. The molecule has 7 heteroatoms.